The molecule has 0 saturated carbocycles. The van der Waals surface area contributed by atoms with E-state index in [0.717, 1.165) is 19.6 Å². The molecule has 1 atom stereocenters. The van der Waals surface area contributed by atoms with Crippen molar-refractivity contribution in [3.8, 4) is 0 Å². The maximum atomic E-state index is 13.9. The monoisotopic (exact) mass is 401 g/mol. The number of hydrogen-bond acceptors (Lipinski definition) is 3. The number of halogens is 2. The maximum Gasteiger partial charge on any atom is 0.191 e. The third kappa shape index (κ3) is 5.43. The van der Waals surface area contributed by atoms with E-state index in [-0.39, 0.29) is 24.4 Å². The lowest BCUT2D eigenvalue weighted by atomic mass is 9.84. The molecule has 0 amide bonds. The fourth-order valence-corrected chi connectivity index (χ4v) is 3.07. The number of guanidine groups is 1. The highest BCUT2D eigenvalue weighted by atomic mass is 79.9. The van der Waals surface area contributed by atoms with Crippen LogP contribution in [0.5, 0.6) is 0 Å². The molecule has 0 bridgehead atoms. The number of aliphatic hydroxyl groups excluding tert-OH is 1. The number of aliphatic imine (C=N–C) groups is 1. The van der Waals surface area contributed by atoms with Crippen molar-refractivity contribution in [2.75, 3.05) is 32.9 Å². The molecule has 7 heteroatoms. The predicted molar refractivity (Wildman–Crippen MR) is 96.5 cm³/mol. The Labute approximate surface area is 150 Å². The van der Waals surface area contributed by atoms with Gasteiger partial charge in [0.1, 0.15) is 5.82 Å². The zero-order chi connectivity index (χ0) is 17.4. The summed E-state index contributed by atoms with van der Waals surface area (Å²) in [5.74, 6) is 0.369. The summed E-state index contributed by atoms with van der Waals surface area (Å²) in [6.45, 7) is 5.14. The molecule has 0 aliphatic carbocycles. The normalized spacial score (nSPS) is 21.1. The fraction of sp³-hybridized carbons (Fsp3) is 0.588. The van der Waals surface area contributed by atoms with Gasteiger partial charge in [0.2, 0.25) is 0 Å². The Hall–Kier alpha value is -1.18. The summed E-state index contributed by atoms with van der Waals surface area (Å²) in [5, 5.41) is 15.8. The average molecular weight is 402 g/mol. The summed E-state index contributed by atoms with van der Waals surface area (Å²) in [7, 11) is 0. The molecule has 24 heavy (non-hydrogen) atoms. The van der Waals surface area contributed by atoms with E-state index in [9.17, 15) is 9.50 Å². The number of nitrogens with zero attached hydrogens (tertiary/aromatic N) is 1. The summed E-state index contributed by atoms with van der Waals surface area (Å²) >= 11 is 3.25. The largest absolute Gasteiger partial charge is 0.396 e. The van der Waals surface area contributed by atoms with Gasteiger partial charge in [0, 0.05) is 41.8 Å². The van der Waals surface area contributed by atoms with Crippen LogP contribution in [0.1, 0.15) is 25.3 Å². The second-order valence-corrected chi connectivity index (χ2v) is 6.98. The van der Waals surface area contributed by atoms with E-state index in [2.05, 4.69) is 31.6 Å². The van der Waals surface area contributed by atoms with E-state index in [1.807, 2.05) is 6.92 Å². The Balaban J connectivity index is 1.99. The quantitative estimate of drug-likeness (QED) is 0.484. The Bertz CT molecular complexity index is 563. The second-order valence-electron chi connectivity index (χ2n) is 6.06. The first-order chi connectivity index (χ1) is 11.6. The molecule has 134 valence electrons. The third-order valence-electron chi connectivity index (χ3n) is 4.22. The predicted octanol–water partition coefficient (Wildman–Crippen LogP) is 2.43. The van der Waals surface area contributed by atoms with Crippen LogP contribution < -0.4 is 10.6 Å². The highest BCUT2D eigenvalue weighted by molar-refractivity contribution is 9.10. The van der Waals surface area contributed by atoms with Gasteiger partial charge in [-0.05, 0) is 31.9 Å². The highest BCUT2D eigenvalue weighted by Crippen LogP contribution is 2.31. The van der Waals surface area contributed by atoms with Gasteiger partial charge in [0.25, 0.3) is 0 Å². The van der Waals surface area contributed by atoms with Crippen LogP contribution >= 0.6 is 15.9 Å². The van der Waals surface area contributed by atoms with Crippen LogP contribution in [0.3, 0.4) is 0 Å². The van der Waals surface area contributed by atoms with Crippen LogP contribution in [0.25, 0.3) is 0 Å². The minimum Gasteiger partial charge on any atom is -0.396 e. The van der Waals surface area contributed by atoms with Crippen LogP contribution in [-0.4, -0.2) is 44.0 Å². The molecule has 0 spiro atoms. The van der Waals surface area contributed by atoms with Crippen molar-refractivity contribution in [3.63, 3.8) is 0 Å². The number of ether oxygens (including phenoxy) is 1. The lowest BCUT2D eigenvalue weighted by Gasteiger charge is -2.27. The summed E-state index contributed by atoms with van der Waals surface area (Å²) in [5.41, 5.74) is 0.484. The Morgan fingerprint density at radius 1 is 1.46 bits per heavy atom. The summed E-state index contributed by atoms with van der Waals surface area (Å²) in [6.07, 6.45) is 1.61. The number of benzene rings is 1. The van der Waals surface area contributed by atoms with Crippen molar-refractivity contribution in [2.24, 2.45) is 10.4 Å². The lowest BCUT2D eigenvalue weighted by Crippen LogP contribution is -2.44. The van der Waals surface area contributed by atoms with E-state index < -0.39 is 0 Å². The summed E-state index contributed by atoms with van der Waals surface area (Å²) in [4.78, 5) is 4.46. The van der Waals surface area contributed by atoms with Gasteiger partial charge in [-0.1, -0.05) is 22.0 Å². The SMILES string of the molecule is CCNC(=NCc1ccc(Br)cc1F)NCC1(CCO)CCOC1. The molecule has 0 radical (unpaired) electrons. The first kappa shape index (κ1) is 19.1. The Kier molecular flexibility index (Phi) is 7.45. The first-order valence-corrected chi connectivity index (χ1v) is 9.02. The Morgan fingerprint density at radius 2 is 2.29 bits per heavy atom. The van der Waals surface area contributed by atoms with Gasteiger partial charge in [-0.2, -0.15) is 0 Å². The van der Waals surface area contributed by atoms with Gasteiger partial charge in [-0.15, -0.1) is 0 Å². The first-order valence-electron chi connectivity index (χ1n) is 8.23. The van der Waals surface area contributed by atoms with E-state index in [1.165, 1.54) is 6.07 Å². The summed E-state index contributed by atoms with van der Waals surface area (Å²) in [6, 6.07) is 4.97. The van der Waals surface area contributed by atoms with Crippen LogP contribution in [0.15, 0.2) is 27.7 Å². The molecule has 1 aliphatic heterocycles. The molecule has 2 rings (SSSR count). The van der Waals surface area contributed by atoms with Crippen LogP contribution in [0, 0.1) is 11.2 Å². The van der Waals surface area contributed by atoms with E-state index >= 15 is 0 Å². The minimum absolute atomic E-state index is 0.0617. The van der Waals surface area contributed by atoms with Crippen molar-refractivity contribution in [1.29, 1.82) is 0 Å². The maximum absolute atomic E-state index is 13.9. The number of aliphatic hydroxyl groups is 1. The highest BCUT2D eigenvalue weighted by Gasteiger charge is 2.34. The van der Waals surface area contributed by atoms with Crippen LogP contribution in [0.2, 0.25) is 0 Å². The molecule has 1 heterocycles. The summed E-state index contributed by atoms with van der Waals surface area (Å²) < 4.78 is 20.1. The third-order valence-corrected chi connectivity index (χ3v) is 4.72. The lowest BCUT2D eigenvalue weighted by molar-refractivity contribution is 0.127. The standard InChI is InChI=1S/C17H25BrFN3O2/c1-2-20-16(21-10-13-3-4-14(18)9-15(13)19)22-11-17(5-7-23)6-8-24-12-17/h3-4,9,23H,2,5-8,10-12H2,1H3,(H2,20,21,22). The van der Waals surface area contributed by atoms with Crippen molar-refractivity contribution in [2.45, 2.75) is 26.3 Å². The average Bonchev–Trinajstić information content (AvgIpc) is 3.01. The van der Waals surface area contributed by atoms with Crippen molar-refractivity contribution >= 4 is 21.9 Å². The van der Waals surface area contributed by atoms with Gasteiger partial charge in [-0.25, -0.2) is 9.38 Å². The zero-order valence-corrected chi connectivity index (χ0v) is 15.5. The van der Waals surface area contributed by atoms with Crippen LogP contribution in [0.4, 0.5) is 4.39 Å². The van der Waals surface area contributed by atoms with Crippen molar-refractivity contribution in [1.82, 2.24) is 10.6 Å². The van der Waals surface area contributed by atoms with Crippen molar-refractivity contribution in [3.05, 3.63) is 34.1 Å². The molecule has 1 unspecified atom stereocenters. The molecule has 1 aromatic carbocycles. The zero-order valence-electron chi connectivity index (χ0n) is 13.9. The molecular weight excluding hydrogens is 377 g/mol. The number of hydrogen-bond donors (Lipinski definition) is 3. The molecule has 1 saturated heterocycles. The van der Waals surface area contributed by atoms with Crippen molar-refractivity contribution < 1.29 is 14.2 Å². The molecule has 0 aromatic heterocycles. The van der Waals surface area contributed by atoms with E-state index in [0.29, 0.717) is 35.6 Å². The fourth-order valence-electron chi connectivity index (χ4n) is 2.74. The minimum atomic E-state index is -0.273. The van der Waals surface area contributed by atoms with Crippen LogP contribution in [-0.2, 0) is 11.3 Å². The molecule has 1 fully saturated rings. The molecule has 5 nitrogen and oxygen atoms in total. The molecule has 1 aromatic rings. The molecule has 3 N–H and O–H groups in total. The smallest absolute Gasteiger partial charge is 0.191 e. The Morgan fingerprint density at radius 3 is 2.92 bits per heavy atom. The molecular formula is C17H25BrFN3O2. The van der Waals surface area contributed by atoms with E-state index in [1.54, 1.807) is 12.1 Å². The van der Waals surface area contributed by atoms with Gasteiger partial charge in [-0.3, -0.25) is 0 Å². The van der Waals surface area contributed by atoms with E-state index in [4.69, 9.17) is 4.74 Å². The van der Waals surface area contributed by atoms with Gasteiger partial charge < -0.3 is 20.5 Å². The second kappa shape index (κ2) is 9.34. The van der Waals surface area contributed by atoms with Gasteiger partial charge in [0.05, 0.1) is 13.2 Å². The number of nitrogens with one attached hydrogen (secondary N) is 2. The molecule has 1 aliphatic rings. The van der Waals surface area contributed by atoms with Gasteiger partial charge >= 0.3 is 0 Å². The topological polar surface area (TPSA) is 65.9 Å². The van der Waals surface area contributed by atoms with Gasteiger partial charge in [0.15, 0.2) is 5.96 Å². The number of rotatable bonds is 7.